The lowest BCUT2D eigenvalue weighted by atomic mass is 9.94. The monoisotopic (exact) mass is 1230 g/mol. The molecule has 494 valence electrons. The average Bonchev–Trinajstić information content (AvgIpc) is 3.64. The van der Waals surface area contributed by atoms with Crippen LogP contribution >= 0.6 is 0 Å². The van der Waals surface area contributed by atoms with Crippen LogP contribution in [0.1, 0.15) is 201 Å². The number of aliphatic hydroxyl groups excluding tert-OH is 1. The fraction of sp³-hybridized carbons (Fsp3) is 0.800. The third kappa shape index (κ3) is 47.4. The second kappa shape index (κ2) is 52.3. The van der Waals surface area contributed by atoms with Gasteiger partial charge in [0.2, 0.25) is 23.6 Å². The Kier molecular flexibility index (Phi) is 48.8. The van der Waals surface area contributed by atoms with Gasteiger partial charge in [0, 0.05) is 70.6 Å². The number of aliphatic hydroxyl groups is 1. The molecule has 0 saturated heterocycles. The van der Waals surface area contributed by atoms with Gasteiger partial charge in [-0.15, -0.1) is 0 Å². The number of carbonyl (C=O) groups excluding carboxylic acids is 8. The molecule has 0 rings (SSSR count). The minimum atomic E-state index is -1.32. The van der Waals surface area contributed by atoms with Crippen molar-refractivity contribution in [2.24, 2.45) is 11.8 Å². The number of hydrogen-bond donors (Lipinski definition) is 10. The first-order valence-electron chi connectivity index (χ1n) is 30.8. The van der Waals surface area contributed by atoms with E-state index in [-0.39, 0.29) is 140 Å². The number of carboxylic acid groups (broad SMARTS) is 4. The molecule has 26 nitrogen and oxygen atoms in total. The Balaban J connectivity index is 4.04. The summed E-state index contributed by atoms with van der Waals surface area (Å²) in [7, 11) is 0. The van der Waals surface area contributed by atoms with Gasteiger partial charge in [-0.25, -0.2) is 9.59 Å². The van der Waals surface area contributed by atoms with E-state index in [9.17, 15) is 78.0 Å². The van der Waals surface area contributed by atoms with Gasteiger partial charge in [-0.3, -0.25) is 53.3 Å². The standard InChI is InChI=1S/C60H103N5O21/c1-43(51(70)40-63-57(44(2)66)45(3)67)21-18-19-31-61-53(72)30-28-50(60(81)82)65-55(74)42-86-38-35-83-33-20-22-48(69)41-85-37-36-84-34-32-62-52(71)29-25-46(58(77)78)39-47(68)26-27-49(59(79)80)64-54(73)23-16-14-12-10-8-6-4-5-7-9-11-13-15-17-24-56(75)76/h43-44,46,49-50,57,63,66H,4-42H2,1-3H3,(H,61,72)(H,62,71)(H,64,73)(H,65,74)(H,75,76)(H,77,78)(H,79,80)(H,81,82)/t43-,44+,46+,49-,50-,57-/m0/s1. The Labute approximate surface area is 506 Å². The maximum Gasteiger partial charge on any atom is 0.326 e. The summed E-state index contributed by atoms with van der Waals surface area (Å²) < 4.78 is 21.4. The Morgan fingerprint density at radius 2 is 0.907 bits per heavy atom. The van der Waals surface area contributed by atoms with E-state index in [0.717, 1.165) is 57.8 Å². The number of unbranched alkanes of at least 4 members (excludes halogenated alkanes) is 14. The summed E-state index contributed by atoms with van der Waals surface area (Å²) in [6.45, 7) is 5.05. The molecule has 0 radical (unpaired) electrons. The zero-order valence-corrected chi connectivity index (χ0v) is 51.3. The predicted octanol–water partition coefficient (Wildman–Crippen LogP) is 4.40. The van der Waals surface area contributed by atoms with E-state index >= 15 is 0 Å². The van der Waals surface area contributed by atoms with Gasteiger partial charge in [-0.05, 0) is 65.2 Å². The lowest BCUT2D eigenvalue weighted by Crippen LogP contribution is -2.46. The normalized spacial score (nSPS) is 13.3. The number of hydrogen-bond acceptors (Lipinski definition) is 18. The molecule has 0 bridgehead atoms. The molecule has 0 aliphatic heterocycles. The molecule has 0 aromatic carbocycles. The Morgan fingerprint density at radius 1 is 0.419 bits per heavy atom. The maximum atomic E-state index is 12.7. The fourth-order valence-electron chi connectivity index (χ4n) is 8.95. The van der Waals surface area contributed by atoms with Gasteiger partial charge in [-0.1, -0.05) is 90.4 Å². The van der Waals surface area contributed by atoms with Crippen LogP contribution in [-0.2, 0) is 76.5 Å². The highest BCUT2D eigenvalue weighted by molar-refractivity contribution is 5.88. The van der Waals surface area contributed by atoms with Crippen LogP contribution in [0.25, 0.3) is 0 Å². The summed E-state index contributed by atoms with van der Waals surface area (Å²) in [6.07, 6.45) is 14.8. The van der Waals surface area contributed by atoms with Crippen molar-refractivity contribution in [3.63, 3.8) is 0 Å². The predicted molar refractivity (Wildman–Crippen MR) is 315 cm³/mol. The van der Waals surface area contributed by atoms with Crippen molar-refractivity contribution in [1.29, 1.82) is 0 Å². The molecule has 4 amide bonds. The van der Waals surface area contributed by atoms with Crippen molar-refractivity contribution < 1.29 is 102 Å². The second-order valence-electron chi connectivity index (χ2n) is 21.9. The number of carboxylic acids is 4. The molecule has 0 heterocycles. The quantitative estimate of drug-likeness (QED) is 0.0377. The van der Waals surface area contributed by atoms with E-state index in [4.69, 9.17) is 24.1 Å². The van der Waals surface area contributed by atoms with Crippen LogP contribution in [-0.4, -0.2) is 193 Å². The van der Waals surface area contributed by atoms with E-state index in [2.05, 4.69) is 26.6 Å². The number of aliphatic carboxylic acids is 4. The van der Waals surface area contributed by atoms with E-state index in [1.54, 1.807) is 6.92 Å². The molecule has 86 heavy (non-hydrogen) atoms. The number of Topliss-reactive ketones (excluding diaryl/α,β-unsaturated/α-hetero) is 4. The molecule has 0 aliphatic rings. The number of nitrogens with one attached hydrogen (secondary N) is 5. The Hall–Kier alpha value is -5.80. The molecule has 0 aliphatic carbocycles. The SMILES string of the molecule is CC(=O)[C@@H](NCC(=O)[C@@H](C)CCCCNC(=O)CC[C@H](NC(=O)COCCOCCCC(=O)COCCOCCNC(=O)CC[C@H](CC(=O)CC[C@H](NC(=O)CCCCCCCCCCCCCCCCC(=O)O)C(=O)O)C(=O)O)C(=O)O)[C@@H](C)O. The van der Waals surface area contributed by atoms with Crippen molar-refractivity contribution >= 4 is 70.6 Å². The first-order chi connectivity index (χ1) is 41.0. The molecule has 0 aromatic rings. The number of carbonyl (C=O) groups is 12. The van der Waals surface area contributed by atoms with Crippen molar-refractivity contribution in [1.82, 2.24) is 26.6 Å². The van der Waals surface area contributed by atoms with Crippen molar-refractivity contribution in [3.8, 4) is 0 Å². The van der Waals surface area contributed by atoms with Gasteiger partial charge in [0.1, 0.15) is 42.6 Å². The largest absolute Gasteiger partial charge is 0.481 e. The van der Waals surface area contributed by atoms with Gasteiger partial charge in [0.05, 0.1) is 57.6 Å². The highest BCUT2D eigenvalue weighted by atomic mass is 16.5. The molecule has 26 heteroatoms. The van der Waals surface area contributed by atoms with E-state index in [1.807, 2.05) is 0 Å². The first-order valence-corrected chi connectivity index (χ1v) is 30.8. The average molecular weight is 1230 g/mol. The molecule has 10 N–H and O–H groups in total. The molecule has 0 saturated carbocycles. The summed E-state index contributed by atoms with van der Waals surface area (Å²) in [6, 6.07) is -3.43. The van der Waals surface area contributed by atoms with Gasteiger partial charge in [0.15, 0.2) is 5.78 Å². The second-order valence-corrected chi connectivity index (χ2v) is 21.9. The molecule has 0 spiro atoms. The number of ketones is 4. The van der Waals surface area contributed by atoms with Crippen molar-refractivity contribution in [3.05, 3.63) is 0 Å². The van der Waals surface area contributed by atoms with Gasteiger partial charge in [-0.2, -0.15) is 0 Å². The number of rotatable bonds is 61. The lowest BCUT2D eigenvalue weighted by molar-refractivity contribution is -0.145. The molecular formula is C60H103N5O21. The number of amides is 4. The van der Waals surface area contributed by atoms with Gasteiger partial charge in [0.25, 0.3) is 0 Å². The Morgan fingerprint density at radius 3 is 1.44 bits per heavy atom. The summed E-state index contributed by atoms with van der Waals surface area (Å²) in [5.41, 5.74) is 0. The minimum Gasteiger partial charge on any atom is -0.481 e. The van der Waals surface area contributed by atoms with Gasteiger partial charge >= 0.3 is 23.9 Å². The zero-order valence-electron chi connectivity index (χ0n) is 51.3. The van der Waals surface area contributed by atoms with Crippen LogP contribution in [0.2, 0.25) is 0 Å². The molecule has 0 fully saturated rings. The van der Waals surface area contributed by atoms with Crippen molar-refractivity contribution in [2.45, 2.75) is 225 Å². The zero-order chi connectivity index (χ0) is 64.3. The third-order valence-electron chi connectivity index (χ3n) is 14.1. The molecular weight excluding hydrogens is 1130 g/mol. The lowest BCUT2D eigenvalue weighted by Gasteiger charge is -2.19. The highest BCUT2D eigenvalue weighted by Crippen LogP contribution is 2.17. The van der Waals surface area contributed by atoms with Crippen LogP contribution in [0.5, 0.6) is 0 Å². The molecule has 0 aromatic heterocycles. The third-order valence-corrected chi connectivity index (χ3v) is 14.1. The van der Waals surface area contributed by atoms with Crippen LogP contribution in [0.15, 0.2) is 0 Å². The fourth-order valence-corrected chi connectivity index (χ4v) is 8.95. The van der Waals surface area contributed by atoms with Crippen LogP contribution in [0.3, 0.4) is 0 Å². The topological polar surface area (TPSA) is 403 Å². The first kappa shape index (κ1) is 80.2. The van der Waals surface area contributed by atoms with E-state index in [0.29, 0.717) is 38.6 Å². The summed E-state index contributed by atoms with van der Waals surface area (Å²) in [5.74, 6) is -9.08. The number of ether oxygens (including phenoxy) is 4. The maximum absolute atomic E-state index is 12.7. The Bertz CT molecular complexity index is 2010. The molecule has 6 atom stereocenters. The summed E-state index contributed by atoms with van der Waals surface area (Å²) >= 11 is 0. The molecule has 0 unspecified atom stereocenters. The highest BCUT2D eigenvalue weighted by Gasteiger charge is 2.26. The minimum absolute atomic E-state index is 0.0210. The van der Waals surface area contributed by atoms with E-state index < -0.39 is 96.5 Å². The summed E-state index contributed by atoms with van der Waals surface area (Å²) in [4.78, 5) is 144. The van der Waals surface area contributed by atoms with Crippen LogP contribution in [0.4, 0.5) is 0 Å². The van der Waals surface area contributed by atoms with Crippen molar-refractivity contribution in [2.75, 3.05) is 72.5 Å². The van der Waals surface area contributed by atoms with Crippen LogP contribution in [0, 0.1) is 11.8 Å². The van der Waals surface area contributed by atoms with Gasteiger partial charge < -0.3 is 65.7 Å². The van der Waals surface area contributed by atoms with Crippen LogP contribution < -0.4 is 26.6 Å². The summed E-state index contributed by atoms with van der Waals surface area (Å²) in [5, 5.41) is 60.1. The van der Waals surface area contributed by atoms with E-state index in [1.165, 1.54) is 39.5 Å². The smallest absolute Gasteiger partial charge is 0.326 e.